The Morgan fingerprint density at radius 3 is 1.66 bits per heavy atom. The van der Waals surface area contributed by atoms with Gasteiger partial charge in [0.25, 0.3) is 0 Å². The number of benzene rings is 1. The zero-order valence-electron chi connectivity index (χ0n) is 17.9. The number of aromatic nitrogens is 3. The minimum Gasteiger partial charge on any atom is -0.265 e. The molecule has 5 rings (SSSR count). The number of hydrogen-bond acceptors (Lipinski definition) is 3. The first-order valence-electron chi connectivity index (χ1n) is 11.0. The van der Waals surface area contributed by atoms with Crippen molar-refractivity contribution in [2.24, 2.45) is 0 Å². The minimum atomic E-state index is 0.0430. The zero-order valence-corrected chi connectivity index (χ0v) is 17.9. The van der Waals surface area contributed by atoms with Crippen LogP contribution in [0.15, 0.2) is 91.8 Å². The van der Waals surface area contributed by atoms with Gasteiger partial charge in [-0.25, -0.2) is 0 Å². The van der Waals surface area contributed by atoms with E-state index in [4.69, 9.17) is 0 Å². The van der Waals surface area contributed by atoms with E-state index in [1.54, 1.807) is 0 Å². The third-order valence-corrected chi connectivity index (χ3v) is 6.37. The molecule has 0 radical (unpaired) electrons. The summed E-state index contributed by atoms with van der Waals surface area (Å²) in [5, 5.41) is 0. The number of nitrogens with zero attached hydrogens (tertiary/aromatic N) is 3. The van der Waals surface area contributed by atoms with Gasteiger partial charge in [-0.2, -0.15) is 0 Å². The molecule has 32 heavy (non-hydrogen) atoms. The number of pyridine rings is 3. The quantitative estimate of drug-likeness (QED) is 0.352. The highest BCUT2D eigenvalue weighted by Crippen LogP contribution is 2.50. The van der Waals surface area contributed by atoms with Gasteiger partial charge in [0.15, 0.2) is 0 Å². The van der Waals surface area contributed by atoms with E-state index in [1.807, 2.05) is 61.4 Å². The van der Waals surface area contributed by atoms with Crippen LogP contribution in [0.5, 0.6) is 0 Å². The van der Waals surface area contributed by atoms with E-state index < -0.39 is 0 Å². The van der Waals surface area contributed by atoms with E-state index in [-0.39, 0.29) is 5.41 Å². The lowest BCUT2D eigenvalue weighted by atomic mass is 9.59. The topological polar surface area (TPSA) is 38.7 Å². The average Bonchev–Trinajstić information content (AvgIpc) is 2.83. The van der Waals surface area contributed by atoms with Gasteiger partial charge >= 0.3 is 0 Å². The highest BCUT2D eigenvalue weighted by Gasteiger charge is 2.41. The third-order valence-electron chi connectivity index (χ3n) is 6.37. The first-order chi connectivity index (χ1) is 15.8. The van der Waals surface area contributed by atoms with Crippen molar-refractivity contribution in [3.8, 4) is 0 Å². The third kappa shape index (κ3) is 4.15. The minimum absolute atomic E-state index is 0.0430. The van der Waals surface area contributed by atoms with Gasteiger partial charge in [-0.1, -0.05) is 48.9 Å². The Hall–Kier alpha value is -3.85. The highest BCUT2D eigenvalue weighted by molar-refractivity contribution is 5.76. The fraction of sp³-hybridized carbons (Fsp3) is 0.138. The zero-order chi connectivity index (χ0) is 21.6. The molecule has 3 heterocycles. The summed E-state index contributed by atoms with van der Waals surface area (Å²) in [6, 6.07) is 19.3. The Labute approximate surface area is 189 Å². The first-order valence-corrected chi connectivity index (χ1v) is 11.0. The van der Waals surface area contributed by atoms with Crippen LogP contribution in [0, 0.1) is 0 Å². The summed E-state index contributed by atoms with van der Waals surface area (Å²) >= 11 is 0. The lowest BCUT2D eigenvalue weighted by Gasteiger charge is -2.44. The molecule has 0 aliphatic heterocycles. The lowest BCUT2D eigenvalue weighted by Crippen LogP contribution is -2.36. The van der Waals surface area contributed by atoms with Crippen LogP contribution < -0.4 is 0 Å². The molecule has 1 fully saturated rings. The molecule has 0 saturated heterocycles. The predicted octanol–water partition coefficient (Wildman–Crippen LogP) is 6.68. The molecule has 1 aliphatic rings. The van der Waals surface area contributed by atoms with Crippen molar-refractivity contribution < 1.29 is 0 Å². The molecular weight excluding hydrogens is 390 g/mol. The molecule has 0 unspecified atom stereocenters. The molecule has 1 saturated carbocycles. The second kappa shape index (κ2) is 9.11. The smallest absolute Gasteiger partial charge is 0.0273 e. The predicted molar refractivity (Wildman–Crippen MR) is 132 cm³/mol. The van der Waals surface area contributed by atoms with Crippen molar-refractivity contribution >= 4 is 24.3 Å². The van der Waals surface area contributed by atoms with Gasteiger partial charge in [0, 0.05) is 42.6 Å². The van der Waals surface area contributed by atoms with Crippen LogP contribution in [0.1, 0.15) is 52.6 Å². The van der Waals surface area contributed by atoms with E-state index in [1.165, 1.54) is 28.7 Å². The second-order valence-corrected chi connectivity index (χ2v) is 8.25. The van der Waals surface area contributed by atoms with E-state index in [0.29, 0.717) is 0 Å². The van der Waals surface area contributed by atoms with Crippen molar-refractivity contribution in [1.82, 2.24) is 15.0 Å². The van der Waals surface area contributed by atoms with Crippen molar-refractivity contribution in [2.45, 2.75) is 24.7 Å². The molecule has 0 amide bonds. The largest absolute Gasteiger partial charge is 0.265 e. The van der Waals surface area contributed by atoms with E-state index in [2.05, 4.69) is 69.6 Å². The SMILES string of the molecule is C(=Cc1ccc(C=Cc2ccncc2)c(C2(c3ccncc3)CCC2)c1)c1ccncc1. The summed E-state index contributed by atoms with van der Waals surface area (Å²) in [7, 11) is 0. The summed E-state index contributed by atoms with van der Waals surface area (Å²) in [6.45, 7) is 0. The van der Waals surface area contributed by atoms with Crippen LogP contribution in [0.3, 0.4) is 0 Å². The molecule has 1 aliphatic carbocycles. The Morgan fingerprint density at radius 1 is 0.562 bits per heavy atom. The normalized spacial score (nSPS) is 15.1. The summed E-state index contributed by atoms with van der Waals surface area (Å²) in [4.78, 5) is 12.5. The molecule has 0 spiro atoms. The molecule has 4 aromatic rings. The number of rotatable bonds is 6. The van der Waals surface area contributed by atoms with Crippen molar-refractivity contribution in [3.05, 3.63) is 125 Å². The summed E-state index contributed by atoms with van der Waals surface area (Å²) in [5.74, 6) is 0. The Kier molecular flexibility index (Phi) is 5.71. The molecule has 3 nitrogen and oxygen atoms in total. The summed E-state index contributed by atoms with van der Waals surface area (Å²) in [5.41, 5.74) is 7.55. The van der Waals surface area contributed by atoms with Crippen molar-refractivity contribution in [2.75, 3.05) is 0 Å². The molecular formula is C29H25N3. The molecule has 0 atom stereocenters. The molecule has 156 valence electrons. The van der Waals surface area contributed by atoms with Crippen LogP contribution in [0.2, 0.25) is 0 Å². The van der Waals surface area contributed by atoms with Gasteiger partial charge in [-0.15, -0.1) is 0 Å². The van der Waals surface area contributed by atoms with Gasteiger partial charge in [0.05, 0.1) is 0 Å². The van der Waals surface area contributed by atoms with Crippen LogP contribution >= 0.6 is 0 Å². The van der Waals surface area contributed by atoms with Gasteiger partial charge < -0.3 is 0 Å². The highest BCUT2D eigenvalue weighted by atomic mass is 14.6. The van der Waals surface area contributed by atoms with Crippen LogP contribution in [0.4, 0.5) is 0 Å². The second-order valence-electron chi connectivity index (χ2n) is 8.25. The summed E-state index contributed by atoms with van der Waals surface area (Å²) in [6.07, 6.45) is 23.4. The van der Waals surface area contributed by atoms with Crippen LogP contribution in [-0.2, 0) is 5.41 Å². The van der Waals surface area contributed by atoms with E-state index in [0.717, 1.165) is 24.0 Å². The van der Waals surface area contributed by atoms with Gasteiger partial charge in [0.2, 0.25) is 0 Å². The Bertz CT molecular complexity index is 1230. The molecule has 3 heteroatoms. The molecule has 1 aromatic carbocycles. The first kappa shape index (κ1) is 20.1. The molecule has 0 bridgehead atoms. The summed E-state index contributed by atoms with van der Waals surface area (Å²) < 4.78 is 0. The monoisotopic (exact) mass is 415 g/mol. The van der Waals surface area contributed by atoms with Gasteiger partial charge in [-0.3, -0.25) is 15.0 Å². The van der Waals surface area contributed by atoms with Crippen LogP contribution in [0.25, 0.3) is 24.3 Å². The molecule has 0 N–H and O–H groups in total. The standard InChI is InChI=1S/C29H25N3/c1-14-29(15-1,27-12-20-32-21-13-27)28-22-25(3-2-23-8-16-30-17-9-23)5-7-26(28)6-4-24-10-18-31-19-11-24/h2-13,16-22H,1,14-15H2. The fourth-order valence-electron chi connectivity index (χ4n) is 4.48. The fourth-order valence-corrected chi connectivity index (χ4v) is 4.48. The van der Waals surface area contributed by atoms with Crippen LogP contribution in [-0.4, -0.2) is 15.0 Å². The Balaban J connectivity index is 1.57. The lowest BCUT2D eigenvalue weighted by molar-refractivity contribution is 0.301. The maximum absolute atomic E-state index is 4.25. The maximum Gasteiger partial charge on any atom is 0.0273 e. The Morgan fingerprint density at radius 2 is 1.09 bits per heavy atom. The van der Waals surface area contributed by atoms with Gasteiger partial charge in [-0.05, 0) is 82.6 Å². The van der Waals surface area contributed by atoms with E-state index in [9.17, 15) is 0 Å². The average molecular weight is 416 g/mol. The maximum atomic E-state index is 4.25. The van der Waals surface area contributed by atoms with Crippen molar-refractivity contribution in [1.29, 1.82) is 0 Å². The van der Waals surface area contributed by atoms with E-state index >= 15 is 0 Å². The van der Waals surface area contributed by atoms with Crippen molar-refractivity contribution in [3.63, 3.8) is 0 Å². The number of hydrogen-bond donors (Lipinski definition) is 0. The van der Waals surface area contributed by atoms with Gasteiger partial charge in [0.1, 0.15) is 0 Å². The molecule has 3 aromatic heterocycles.